The lowest BCUT2D eigenvalue weighted by molar-refractivity contribution is -0.136. The first-order chi connectivity index (χ1) is 9.97. The highest BCUT2D eigenvalue weighted by molar-refractivity contribution is 6.06. The topological polar surface area (TPSA) is 116 Å². The minimum Gasteiger partial charge on any atom is -0.481 e. The van der Waals surface area contributed by atoms with Crippen LogP contribution in [0.2, 0.25) is 0 Å². The summed E-state index contributed by atoms with van der Waals surface area (Å²) in [7, 11) is 0. The van der Waals surface area contributed by atoms with E-state index >= 15 is 0 Å². The second-order valence-corrected chi connectivity index (χ2v) is 4.41. The third-order valence-electron chi connectivity index (χ3n) is 2.87. The molecule has 1 saturated heterocycles. The van der Waals surface area contributed by atoms with Crippen molar-refractivity contribution in [3.8, 4) is 0 Å². The van der Waals surface area contributed by atoms with Crippen LogP contribution in [-0.2, 0) is 20.8 Å². The van der Waals surface area contributed by atoms with Gasteiger partial charge in [0.05, 0.1) is 13.0 Å². The number of hydrogen-bond donors (Lipinski definition) is 3. The molecular formula is C13H13N3O5. The normalized spacial score (nSPS) is 14.0. The maximum atomic E-state index is 11.9. The van der Waals surface area contributed by atoms with Gasteiger partial charge < -0.3 is 15.7 Å². The average molecular weight is 291 g/mol. The zero-order valence-corrected chi connectivity index (χ0v) is 11.0. The van der Waals surface area contributed by atoms with Gasteiger partial charge in [0.2, 0.25) is 5.91 Å². The van der Waals surface area contributed by atoms with Crippen LogP contribution in [0.1, 0.15) is 5.56 Å². The lowest BCUT2D eigenvalue weighted by Crippen LogP contribution is -2.38. The Bertz CT molecular complexity index is 598. The molecule has 0 spiro atoms. The van der Waals surface area contributed by atoms with E-state index < -0.39 is 30.4 Å². The van der Waals surface area contributed by atoms with Crippen molar-refractivity contribution in [1.29, 1.82) is 0 Å². The van der Waals surface area contributed by atoms with Crippen molar-refractivity contribution >= 4 is 29.5 Å². The third-order valence-corrected chi connectivity index (χ3v) is 2.87. The summed E-state index contributed by atoms with van der Waals surface area (Å²) in [5, 5.41) is 13.6. The van der Waals surface area contributed by atoms with Gasteiger partial charge >= 0.3 is 12.0 Å². The van der Waals surface area contributed by atoms with E-state index in [4.69, 9.17) is 5.11 Å². The van der Waals surface area contributed by atoms with Gasteiger partial charge in [-0.2, -0.15) is 0 Å². The fourth-order valence-electron chi connectivity index (χ4n) is 1.91. The summed E-state index contributed by atoms with van der Waals surface area (Å²) in [4.78, 5) is 46.1. The summed E-state index contributed by atoms with van der Waals surface area (Å²) in [5.74, 6) is -2.07. The Labute approximate surface area is 119 Å². The molecule has 0 bridgehead atoms. The Morgan fingerprint density at radius 3 is 2.62 bits per heavy atom. The first-order valence-electron chi connectivity index (χ1n) is 6.15. The van der Waals surface area contributed by atoms with Crippen LogP contribution >= 0.6 is 0 Å². The maximum Gasteiger partial charge on any atom is 0.325 e. The fourth-order valence-corrected chi connectivity index (χ4v) is 1.91. The summed E-state index contributed by atoms with van der Waals surface area (Å²) >= 11 is 0. The van der Waals surface area contributed by atoms with E-state index in [-0.39, 0.29) is 13.0 Å². The molecule has 1 aliphatic heterocycles. The quantitative estimate of drug-likeness (QED) is 0.650. The minimum absolute atomic E-state index is 0.123. The van der Waals surface area contributed by atoms with Crippen molar-refractivity contribution in [3.63, 3.8) is 0 Å². The van der Waals surface area contributed by atoms with E-state index in [9.17, 15) is 19.2 Å². The lowest BCUT2D eigenvalue weighted by atomic mass is 10.1. The summed E-state index contributed by atoms with van der Waals surface area (Å²) in [6.07, 6.45) is -0.237. The molecule has 1 aliphatic rings. The molecule has 1 fully saturated rings. The second kappa shape index (κ2) is 6.04. The molecule has 0 atom stereocenters. The van der Waals surface area contributed by atoms with Crippen molar-refractivity contribution < 1.29 is 24.3 Å². The first kappa shape index (κ1) is 14.5. The average Bonchev–Trinajstić information content (AvgIpc) is 2.72. The molecule has 4 amide bonds. The molecule has 0 unspecified atom stereocenters. The number of carboxylic acids is 1. The van der Waals surface area contributed by atoms with E-state index in [2.05, 4.69) is 10.6 Å². The second-order valence-electron chi connectivity index (χ2n) is 4.41. The number of amides is 4. The van der Waals surface area contributed by atoms with Crippen LogP contribution in [0.3, 0.4) is 0 Å². The third kappa shape index (κ3) is 3.56. The van der Waals surface area contributed by atoms with Crippen LogP contribution in [0.5, 0.6) is 0 Å². The number of carboxylic acid groups (broad SMARTS) is 1. The summed E-state index contributed by atoms with van der Waals surface area (Å²) < 4.78 is 0. The molecule has 0 saturated carbocycles. The highest BCUT2D eigenvalue weighted by Crippen LogP contribution is 2.15. The van der Waals surface area contributed by atoms with E-state index in [0.29, 0.717) is 11.3 Å². The smallest absolute Gasteiger partial charge is 0.325 e. The Morgan fingerprint density at radius 2 is 2.00 bits per heavy atom. The summed E-state index contributed by atoms with van der Waals surface area (Å²) in [5.41, 5.74) is 0.785. The van der Waals surface area contributed by atoms with Gasteiger partial charge in [-0.25, -0.2) is 4.79 Å². The highest BCUT2D eigenvalue weighted by atomic mass is 16.4. The molecule has 21 heavy (non-hydrogen) atoms. The number of carbonyl (C=O) groups is 4. The zero-order chi connectivity index (χ0) is 15.4. The Hall–Kier alpha value is -2.90. The number of rotatable bonds is 5. The number of para-hydroxylation sites is 1. The largest absolute Gasteiger partial charge is 0.481 e. The number of anilines is 1. The monoisotopic (exact) mass is 291 g/mol. The van der Waals surface area contributed by atoms with Crippen LogP contribution in [0.4, 0.5) is 10.5 Å². The van der Waals surface area contributed by atoms with Gasteiger partial charge in [-0.1, -0.05) is 18.2 Å². The van der Waals surface area contributed by atoms with Crippen molar-refractivity contribution in [3.05, 3.63) is 29.8 Å². The molecule has 8 heteroatoms. The molecule has 3 N–H and O–H groups in total. The van der Waals surface area contributed by atoms with Crippen LogP contribution in [0.15, 0.2) is 24.3 Å². The first-order valence-corrected chi connectivity index (χ1v) is 6.15. The minimum atomic E-state index is -1.02. The Balaban J connectivity index is 2.04. The molecule has 1 heterocycles. The van der Waals surface area contributed by atoms with Gasteiger partial charge in [0.1, 0.15) is 6.54 Å². The van der Waals surface area contributed by atoms with E-state index in [1.807, 2.05) is 0 Å². The molecule has 8 nitrogen and oxygen atoms in total. The van der Waals surface area contributed by atoms with Gasteiger partial charge in [0.15, 0.2) is 0 Å². The molecule has 0 aliphatic carbocycles. The maximum absolute atomic E-state index is 11.9. The molecule has 1 aromatic rings. The molecular weight excluding hydrogens is 278 g/mol. The van der Waals surface area contributed by atoms with Crippen molar-refractivity contribution in [2.45, 2.75) is 6.42 Å². The van der Waals surface area contributed by atoms with Crippen molar-refractivity contribution in [1.82, 2.24) is 10.2 Å². The van der Waals surface area contributed by atoms with Crippen LogP contribution in [0.25, 0.3) is 0 Å². The van der Waals surface area contributed by atoms with Gasteiger partial charge in [-0.3, -0.25) is 19.3 Å². The van der Waals surface area contributed by atoms with Crippen molar-refractivity contribution in [2.75, 3.05) is 18.4 Å². The molecule has 0 aromatic heterocycles. The summed E-state index contributed by atoms with van der Waals surface area (Å²) in [6, 6.07) is 5.83. The standard InChI is InChI=1S/C13H13N3O5/c17-10(7-16-11(18)6-14-13(16)21)15-9-4-2-1-3-8(9)5-12(19)20/h1-4H,5-7H2,(H,14,21)(H,15,17)(H,19,20). The number of benzene rings is 1. The Kier molecular flexibility index (Phi) is 4.17. The predicted octanol–water partition coefficient (Wildman–Crippen LogP) is -0.196. The van der Waals surface area contributed by atoms with Crippen LogP contribution in [-0.4, -0.2) is 46.9 Å². The molecule has 1 aromatic carbocycles. The SMILES string of the molecule is O=C(O)Cc1ccccc1NC(=O)CN1C(=O)CNC1=O. The van der Waals surface area contributed by atoms with E-state index in [1.54, 1.807) is 24.3 Å². The molecule has 2 rings (SSSR count). The predicted molar refractivity (Wildman–Crippen MR) is 71.5 cm³/mol. The number of urea groups is 1. The highest BCUT2D eigenvalue weighted by Gasteiger charge is 2.30. The van der Waals surface area contributed by atoms with Gasteiger partial charge in [-0.15, -0.1) is 0 Å². The fraction of sp³-hybridized carbons (Fsp3) is 0.231. The van der Waals surface area contributed by atoms with Crippen LogP contribution < -0.4 is 10.6 Å². The van der Waals surface area contributed by atoms with Gasteiger partial charge in [0.25, 0.3) is 5.91 Å². The van der Waals surface area contributed by atoms with Crippen LogP contribution in [0, 0.1) is 0 Å². The van der Waals surface area contributed by atoms with Crippen molar-refractivity contribution in [2.24, 2.45) is 0 Å². The lowest BCUT2D eigenvalue weighted by Gasteiger charge is -2.13. The number of nitrogens with one attached hydrogen (secondary N) is 2. The number of nitrogens with zero attached hydrogens (tertiary/aromatic N) is 1. The summed E-state index contributed by atoms with van der Waals surface area (Å²) in [6.45, 7) is -0.534. The number of imide groups is 1. The zero-order valence-electron chi connectivity index (χ0n) is 11.0. The molecule has 0 radical (unpaired) electrons. The number of carbonyl (C=O) groups excluding carboxylic acids is 3. The number of hydrogen-bond acceptors (Lipinski definition) is 4. The van der Waals surface area contributed by atoms with Gasteiger partial charge in [0, 0.05) is 5.69 Å². The van der Waals surface area contributed by atoms with E-state index in [0.717, 1.165) is 4.90 Å². The Morgan fingerprint density at radius 1 is 1.29 bits per heavy atom. The molecule has 110 valence electrons. The van der Waals surface area contributed by atoms with Gasteiger partial charge in [-0.05, 0) is 11.6 Å². The van der Waals surface area contributed by atoms with E-state index in [1.165, 1.54) is 0 Å². The number of aliphatic carboxylic acids is 1.